The summed E-state index contributed by atoms with van der Waals surface area (Å²) in [5.41, 5.74) is 5.83. The van der Waals surface area contributed by atoms with E-state index in [0.717, 1.165) is 57.5 Å². The fourth-order valence-corrected chi connectivity index (χ4v) is 17.3. The molecule has 0 radical (unpaired) electrons. The number of carboxylic acids is 3. The number of sulfonamides is 3. The van der Waals surface area contributed by atoms with Gasteiger partial charge in [-0.1, -0.05) is 62.9 Å². The Morgan fingerprint density at radius 3 is 0.935 bits per heavy atom. The molecule has 0 aliphatic rings. The molecule has 0 spiro atoms. The normalized spacial score (nSPS) is 11.5. The van der Waals surface area contributed by atoms with Crippen LogP contribution in [0.4, 0.5) is 0 Å². The first kappa shape index (κ1) is 103. The van der Waals surface area contributed by atoms with Gasteiger partial charge < -0.3 is 61.0 Å². The van der Waals surface area contributed by atoms with Gasteiger partial charge in [0.15, 0.2) is 0 Å². The van der Waals surface area contributed by atoms with Crippen LogP contribution in [0, 0.1) is 0 Å². The standard InChI is InChI=1S/C33H38N4O13S3.C18H9Cl3O8S3.C8H15NO.C4H9NO2.4Na.H2O/c1-19(2)33(43)34-13-6-16-37-51(44,45)26-17-25(50-20(3)38)21-9-10-23-27(52(46,47)35-14-4-7-29(39)40)18-28(24-12-11-22(26)31(21)32(23)24)53(48,49)36-15-5-8-30(41)42;1-8(22)29-13-6-14(30(19,23)24)10-4-5-12-16(32(21,27)28)7-15(31(20,25)26)11-3-2-9(13)17(10)18(11)12;1-4-5-6-9-8(10)7(2)3;5-3-1-2-4(6)7;;;;;/h9-12,17-18,35-37H,1,4-8,13-16H2,2-3H3,(H,34,43)(H,39,40)(H,41,42);2-7H,1H3;2,4-6H2,1,3H3,(H,9,10);1-3,5H2,(H,6,7);;;;;1H2/q;;;;4*+1;/p-3. The molecule has 9 N–H and O–H groups in total. The van der Waals surface area contributed by atoms with Gasteiger partial charge in [0.05, 0.1) is 29.4 Å². The summed E-state index contributed by atoms with van der Waals surface area (Å²) < 4.78 is 174. The minimum atomic E-state index is -4.59. The molecule has 0 heterocycles. The molecule has 0 bridgehead atoms. The molecule has 107 heavy (non-hydrogen) atoms. The molecule has 8 rings (SSSR count). The monoisotopic (exact) mass is 1700 g/mol. The van der Waals surface area contributed by atoms with Crippen molar-refractivity contribution in [1.82, 2.24) is 24.8 Å². The summed E-state index contributed by atoms with van der Waals surface area (Å²) in [4.78, 5) is 74.8. The second kappa shape index (κ2) is 44.4. The fraction of sp³-hybridized carbons (Fsp3) is 0.317. The van der Waals surface area contributed by atoms with Crippen molar-refractivity contribution in [2.75, 3.05) is 39.3 Å². The number of carbonyl (C=O) groups excluding carboxylic acids is 7. The topological polar surface area (TPSA) is 530 Å². The predicted molar refractivity (Wildman–Crippen MR) is 378 cm³/mol. The number of benzene rings is 8. The third kappa shape index (κ3) is 28.2. The van der Waals surface area contributed by atoms with E-state index in [4.69, 9.17) is 47.3 Å². The number of carboxylic acid groups (broad SMARTS) is 3. The molecule has 0 aliphatic carbocycles. The van der Waals surface area contributed by atoms with E-state index in [-0.39, 0.29) is 268 Å². The summed E-state index contributed by atoms with van der Waals surface area (Å²) in [6.07, 6.45) is 1.68. The predicted octanol–water partition coefficient (Wildman–Crippen LogP) is -9.08. The Morgan fingerprint density at radius 2 is 0.654 bits per heavy atom. The Morgan fingerprint density at radius 1 is 0.402 bits per heavy atom. The Labute approximate surface area is 719 Å². The third-order valence-corrected chi connectivity index (χ3v) is 23.1. The summed E-state index contributed by atoms with van der Waals surface area (Å²) in [5.74, 6) is -6.27. The molecule has 0 atom stereocenters. The number of nitrogens with two attached hydrogens (primary N) is 1. The van der Waals surface area contributed by atoms with Crippen molar-refractivity contribution in [3.8, 4) is 11.5 Å². The van der Waals surface area contributed by atoms with Gasteiger partial charge in [-0.2, -0.15) is 0 Å². The fourth-order valence-electron chi connectivity index (χ4n) is 10.0. The third-order valence-electron chi connectivity index (χ3n) is 14.5. The van der Waals surface area contributed by atoms with Crippen molar-refractivity contribution >= 4 is 196 Å². The molecule has 0 saturated carbocycles. The van der Waals surface area contributed by atoms with E-state index in [1.54, 1.807) is 6.92 Å². The van der Waals surface area contributed by atoms with Crippen LogP contribution in [0.2, 0.25) is 0 Å². The number of esters is 2. The molecule has 0 saturated heterocycles. The smallest absolute Gasteiger partial charge is 0.550 e. The van der Waals surface area contributed by atoms with Gasteiger partial charge in [-0.25, -0.2) is 64.7 Å². The number of rotatable bonds is 31. The number of ether oxygens (including phenoxy) is 2. The molecule has 31 nitrogen and oxygen atoms in total. The van der Waals surface area contributed by atoms with Crippen LogP contribution in [-0.2, 0) is 90.8 Å². The number of amides is 2. The van der Waals surface area contributed by atoms with Gasteiger partial charge in [0.25, 0.3) is 27.2 Å². The van der Waals surface area contributed by atoms with Crippen molar-refractivity contribution < 1.29 is 233 Å². The molecule has 0 unspecified atom stereocenters. The number of nitrogens with one attached hydrogen (secondary N) is 5. The summed E-state index contributed by atoms with van der Waals surface area (Å²) in [6.45, 7) is 15.0. The van der Waals surface area contributed by atoms with Gasteiger partial charge in [0, 0.05) is 184 Å². The van der Waals surface area contributed by atoms with Crippen molar-refractivity contribution in [3.63, 3.8) is 0 Å². The molecule has 0 aromatic heterocycles. The van der Waals surface area contributed by atoms with Crippen molar-refractivity contribution in [2.24, 2.45) is 5.73 Å². The van der Waals surface area contributed by atoms with Crippen LogP contribution in [0.25, 0.3) is 64.6 Å². The first-order valence-corrected chi connectivity index (χ1v) is 41.6. The van der Waals surface area contributed by atoms with Crippen LogP contribution in [-0.4, -0.2) is 137 Å². The molecule has 8 aromatic rings. The molecule has 2 amide bonds. The van der Waals surface area contributed by atoms with E-state index < -0.39 is 130 Å². The van der Waals surface area contributed by atoms with E-state index in [1.807, 2.05) is 0 Å². The van der Waals surface area contributed by atoms with E-state index in [2.05, 4.69) is 44.9 Å². The molecule has 44 heteroatoms. The van der Waals surface area contributed by atoms with Crippen molar-refractivity contribution in [3.05, 3.63) is 97.1 Å². The summed E-state index contributed by atoms with van der Waals surface area (Å²) in [6, 6.07) is 14.6. The summed E-state index contributed by atoms with van der Waals surface area (Å²) in [7, 11) is -10.2. The zero-order chi connectivity index (χ0) is 76.8. The molecular weight excluding hydrogens is 1630 g/mol. The molecule has 0 fully saturated rings. The zero-order valence-corrected chi connectivity index (χ0v) is 74.6. The molecule has 562 valence electrons. The van der Waals surface area contributed by atoms with E-state index in [9.17, 15) is 99.4 Å². The Balaban J connectivity index is 0.00000176. The second-order valence-corrected chi connectivity index (χ2v) is 35.1. The number of carbonyl (C=O) groups is 7. The maximum atomic E-state index is 13.8. The minimum absolute atomic E-state index is 0. The first-order valence-electron chi connectivity index (χ1n) is 30.3. The van der Waals surface area contributed by atoms with Gasteiger partial charge in [-0.05, 0) is 96.0 Å². The average molecular weight is 1700 g/mol. The van der Waals surface area contributed by atoms with Gasteiger partial charge in [0.1, 0.15) is 11.5 Å². The SMILES string of the molecule is C=C(C)C(=O)NCCCC.C=C(C)C(=O)NCCCNS(=O)(=O)c1cc(OC(C)=O)c2ccc3c(S(=O)(=O)NCCCC(=O)[O-])cc(S(=O)(=O)NCCCC(=O)[O-])c4ccc1c2c34.CC(=O)Oc1cc(S(=O)(=O)Cl)c2ccc3c(S(=O)(=O)Cl)cc(S(=O)(=O)Cl)c4ccc1c2c43.NCCCC(=O)[O-].O.[Na+].[Na+].[Na+].[Na+]. The number of unbranched alkanes of at least 4 members (excludes halogenated alkanes) is 1. The average Bonchev–Trinajstić information content (AvgIpc) is 0.713. The van der Waals surface area contributed by atoms with Crippen LogP contribution < -0.4 is 174 Å². The minimum Gasteiger partial charge on any atom is -0.550 e. The number of hydrogen-bond acceptors (Lipinski definition) is 25. The largest absolute Gasteiger partial charge is 1.00 e. The maximum Gasteiger partial charge on any atom is 1.00 e. The van der Waals surface area contributed by atoms with Crippen LogP contribution in [0.5, 0.6) is 11.5 Å². The summed E-state index contributed by atoms with van der Waals surface area (Å²) >= 11 is 0. The molecular formula is C63H70Cl3N6Na4O25S6+. The van der Waals surface area contributed by atoms with Crippen LogP contribution in [0.3, 0.4) is 0 Å². The van der Waals surface area contributed by atoms with E-state index in [0.29, 0.717) is 18.5 Å². The Hall–Kier alpha value is -4.02. The Bertz CT molecular complexity index is 5250. The van der Waals surface area contributed by atoms with Crippen LogP contribution in [0.15, 0.2) is 126 Å². The van der Waals surface area contributed by atoms with Crippen molar-refractivity contribution in [1.29, 1.82) is 0 Å². The molecule has 0 aliphatic heterocycles. The van der Waals surface area contributed by atoms with Crippen LogP contribution in [0.1, 0.15) is 92.4 Å². The first-order chi connectivity index (χ1) is 47.3. The van der Waals surface area contributed by atoms with Gasteiger partial charge in [-0.15, -0.1) is 0 Å². The van der Waals surface area contributed by atoms with Gasteiger partial charge in [-0.3, -0.25) is 19.2 Å². The zero-order valence-electron chi connectivity index (χ0n) is 59.4. The summed E-state index contributed by atoms with van der Waals surface area (Å²) in [5, 5.41) is 37.2. The number of halogens is 3. The maximum absolute atomic E-state index is 13.8. The number of aliphatic carboxylic acids is 3. The van der Waals surface area contributed by atoms with Gasteiger partial charge >= 0.3 is 130 Å². The van der Waals surface area contributed by atoms with Crippen molar-refractivity contribution in [2.45, 2.75) is 122 Å². The van der Waals surface area contributed by atoms with Crippen LogP contribution >= 0.6 is 32.0 Å². The van der Waals surface area contributed by atoms with E-state index >= 15 is 0 Å². The quantitative estimate of drug-likeness (QED) is 0.00447. The van der Waals surface area contributed by atoms with Gasteiger partial charge in [0.2, 0.25) is 41.9 Å². The molecule has 8 aromatic carbocycles. The van der Waals surface area contributed by atoms with E-state index in [1.165, 1.54) is 55.5 Å². The number of hydrogen-bond donors (Lipinski definition) is 6. The Kier molecular flexibility index (Phi) is 42.8. The second-order valence-electron chi connectivity index (χ2n) is 22.3.